The van der Waals surface area contributed by atoms with Gasteiger partial charge in [-0.15, -0.1) is 11.3 Å². The predicted octanol–water partition coefficient (Wildman–Crippen LogP) is 0.667. The third-order valence-corrected chi connectivity index (χ3v) is 7.09. The summed E-state index contributed by atoms with van der Waals surface area (Å²) in [4.78, 5) is 24.8. The van der Waals surface area contributed by atoms with Gasteiger partial charge in [0.25, 0.3) is 0 Å². The van der Waals surface area contributed by atoms with Crippen molar-refractivity contribution in [1.29, 1.82) is 0 Å². The molecule has 0 radical (unpaired) electrons. The van der Waals surface area contributed by atoms with Crippen LogP contribution in [0, 0.1) is 0 Å². The third kappa shape index (κ3) is 5.00. The molecule has 0 bridgehead atoms. The van der Waals surface area contributed by atoms with Crippen molar-refractivity contribution in [1.82, 2.24) is 14.5 Å². The van der Waals surface area contributed by atoms with Gasteiger partial charge in [-0.3, -0.25) is 9.69 Å². The molecule has 1 atom stereocenters. The summed E-state index contributed by atoms with van der Waals surface area (Å²) < 4.78 is 26.5. The topological polar surface area (TPSA) is 107 Å². The number of thiophene rings is 1. The van der Waals surface area contributed by atoms with Crippen molar-refractivity contribution < 1.29 is 23.1 Å². The van der Waals surface area contributed by atoms with Gasteiger partial charge < -0.3 is 10.4 Å². The van der Waals surface area contributed by atoms with E-state index in [4.69, 9.17) is 5.11 Å². The van der Waals surface area contributed by atoms with Crippen LogP contribution in [0.3, 0.4) is 0 Å². The van der Waals surface area contributed by atoms with Crippen LogP contribution in [0.25, 0.3) is 0 Å². The van der Waals surface area contributed by atoms with E-state index in [1.807, 2.05) is 18.7 Å². The largest absolute Gasteiger partial charge is 0.477 e. The Morgan fingerprint density at radius 1 is 1.32 bits per heavy atom. The number of rotatable bonds is 7. The van der Waals surface area contributed by atoms with Crippen molar-refractivity contribution in [3.63, 3.8) is 0 Å². The zero-order chi connectivity index (χ0) is 18.6. The van der Waals surface area contributed by atoms with E-state index >= 15 is 0 Å². The van der Waals surface area contributed by atoms with Gasteiger partial charge in [-0.05, 0) is 19.4 Å². The Kier molecular flexibility index (Phi) is 6.55. The molecule has 2 N–H and O–H groups in total. The Balaban J connectivity index is 1.92. The van der Waals surface area contributed by atoms with E-state index in [0.717, 1.165) is 17.8 Å². The summed E-state index contributed by atoms with van der Waals surface area (Å²) in [6.45, 7) is 5.66. The van der Waals surface area contributed by atoms with Crippen LogP contribution in [0.15, 0.2) is 16.3 Å². The second-order valence-electron chi connectivity index (χ2n) is 6.01. The number of sulfonamides is 1. The molecular weight excluding hydrogens is 366 g/mol. The lowest BCUT2D eigenvalue weighted by atomic mass is 10.2. The van der Waals surface area contributed by atoms with Gasteiger partial charge in [-0.1, -0.05) is 6.92 Å². The Hall–Kier alpha value is -1.49. The number of carbonyl (C=O) groups is 2. The Morgan fingerprint density at radius 2 is 1.96 bits per heavy atom. The zero-order valence-electron chi connectivity index (χ0n) is 14.3. The van der Waals surface area contributed by atoms with Crippen LogP contribution in [0.4, 0.5) is 0 Å². The number of amides is 1. The van der Waals surface area contributed by atoms with E-state index in [2.05, 4.69) is 5.32 Å². The first-order valence-corrected chi connectivity index (χ1v) is 10.4. The summed E-state index contributed by atoms with van der Waals surface area (Å²) in [5, 5.41) is 13.2. The summed E-state index contributed by atoms with van der Waals surface area (Å²) in [7, 11) is -3.70. The van der Waals surface area contributed by atoms with E-state index in [0.29, 0.717) is 13.1 Å². The van der Waals surface area contributed by atoms with Crippen molar-refractivity contribution in [3.8, 4) is 0 Å². The quantitative estimate of drug-likeness (QED) is 0.710. The molecule has 1 saturated heterocycles. The molecule has 1 fully saturated rings. The van der Waals surface area contributed by atoms with Gasteiger partial charge in [-0.25, -0.2) is 13.2 Å². The normalized spacial score (nSPS) is 18.0. The number of piperazine rings is 1. The van der Waals surface area contributed by atoms with Crippen LogP contribution in [0.1, 0.15) is 29.9 Å². The number of hydrogen-bond donors (Lipinski definition) is 2. The molecular formula is C15H23N3O5S2. The molecule has 1 aliphatic heterocycles. The predicted molar refractivity (Wildman–Crippen MR) is 94.4 cm³/mol. The molecule has 2 heterocycles. The van der Waals surface area contributed by atoms with Gasteiger partial charge in [0.15, 0.2) is 0 Å². The summed E-state index contributed by atoms with van der Waals surface area (Å²) in [5.74, 6) is -1.20. The molecule has 140 valence electrons. The first kappa shape index (κ1) is 19.8. The Bertz CT molecular complexity index is 723. The monoisotopic (exact) mass is 389 g/mol. The minimum atomic E-state index is -3.70. The fourth-order valence-electron chi connectivity index (χ4n) is 2.47. The molecule has 25 heavy (non-hydrogen) atoms. The molecule has 0 saturated carbocycles. The van der Waals surface area contributed by atoms with Crippen LogP contribution in [-0.4, -0.2) is 73.4 Å². The Labute approximate surface area is 151 Å². The highest BCUT2D eigenvalue weighted by atomic mass is 32.2. The first-order chi connectivity index (χ1) is 11.7. The summed E-state index contributed by atoms with van der Waals surface area (Å²) in [6, 6.07) is 1.31. The van der Waals surface area contributed by atoms with Crippen LogP contribution in [-0.2, 0) is 14.8 Å². The number of aromatic carboxylic acids is 1. The van der Waals surface area contributed by atoms with Gasteiger partial charge in [-0.2, -0.15) is 4.31 Å². The maximum atomic E-state index is 12.6. The van der Waals surface area contributed by atoms with E-state index in [-0.39, 0.29) is 41.4 Å². The number of carboxylic acid groups (broad SMARTS) is 1. The summed E-state index contributed by atoms with van der Waals surface area (Å²) in [5.41, 5.74) is 0. The average Bonchev–Trinajstić information content (AvgIpc) is 3.06. The minimum absolute atomic E-state index is 0.000994. The SMILES string of the molecule is CCC(C)NC(=O)CN1CCN(S(=O)(=O)c2csc(C(=O)O)c2)CC1. The number of carboxylic acids is 1. The standard InChI is InChI=1S/C15H23N3O5S2/c1-3-11(2)16-14(19)9-17-4-6-18(7-5-17)25(22,23)12-8-13(15(20)21)24-10-12/h8,10-11H,3-7,9H2,1-2H3,(H,16,19)(H,20,21). The maximum Gasteiger partial charge on any atom is 0.345 e. The molecule has 0 spiro atoms. The third-order valence-electron chi connectivity index (χ3n) is 4.14. The molecule has 1 aromatic heterocycles. The highest BCUT2D eigenvalue weighted by molar-refractivity contribution is 7.89. The lowest BCUT2D eigenvalue weighted by Crippen LogP contribution is -2.51. The minimum Gasteiger partial charge on any atom is -0.477 e. The smallest absolute Gasteiger partial charge is 0.345 e. The van der Waals surface area contributed by atoms with Crippen LogP contribution < -0.4 is 5.32 Å². The fourth-order valence-corrected chi connectivity index (χ4v) is 4.99. The van der Waals surface area contributed by atoms with Crippen molar-refractivity contribution in [2.24, 2.45) is 0 Å². The second-order valence-corrected chi connectivity index (χ2v) is 8.86. The van der Waals surface area contributed by atoms with Gasteiger partial charge in [0.05, 0.1) is 11.4 Å². The average molecular weight is 389 g/mol. The molecule has 2 rings (SSSR count). The first-order valence-electron chi connectivity index (χ1n) is 8.07. The molecule has 1 aromatic rings. The molecule has 0 aliphatic carbocycles. The summed E-state index contributed by atoms with van der Waals surface area (Å²) >= 11 is 0.897. The van der Waals surface area contributed by atoms with E-state index in [9.17, 15) is 18.0 Å². The van der Waals surface area contributed by atoms with Gasteiger partial charge in [0.2, 0.25) is 15.9 Å². The molecule has 1 amide bonds. The van der Waals surface area contributed by atoms with Crippen molar-refractivity contribution in [2.45, 2.75) is 31.2 Å². The molecule has 1 unspecified atom stereocenters. The fraction of sp³-hybridized carbons (Fsp3) is 0.600. The molecule has 10 heteroatoms. The van der Waals surface area contributed by atoms with Crippen LogP contribution >= 0.6 is 11.3 Å². The van der Waals surface area contributed by atoms with Crippen molar-refractivity contribution in [3.05, 3.63) is 16.3 Å². The zero-order valence-corrected chi connectivity index (χ0v) is 15.9. The van der Waals surface area contributed by atoms with E-state index in [1.165, 1.54) is 15.8 Å². The van der Waals surface area contributed by atoms with Crippen LogP contribution in [0.5, 0.6) is 0 Å². The lowest BCUT2D eigenvalue weighted by Gasteiger charge is -2.33. The summed E-state index contributed by atoms with van der Waals surface area (Å²) in [6.07, 6.45) is 0.858. The molecule has 0 aromatic carbocycles. The van der Waals surface area contributed by atoms with Gasteiger partial charge in [0, 0.05) is 37.6 Å². The number of nitrogens with one attached hydrogen (secondary N) is 1. The second kappa shape index (κ2) is 8.26. The number of hydrogen-bond acceptors (Lipinski definition) is 6. The van der Waals surface area contributed by atoms with Gasteiger partial charge in [0.1, 0.15) is 4.88 Å². The number of nitrogens with zero attached hydrogens (tertiary/aromatic N) is 2. The molecule has 8 nitrogen and oxygen atoms in total. The highest BCUT2D eigenvalue weighted by Gasteiger charge is 2.30. The Morgan fingerprint density at radius 3 is 2.48 bits per heavy atom. The lowest BCUT2D eigenvalue weighted by molar-refractivity contribution is -0.123. The molecule has 1 aliphatic rings. The van der Waals surface area contributed by atoms with Crippen molar-refractivity contribution in [2.75, 3.05) is 32.7 Å². The van der Waals surface area contributed by atoms with Crippen molar-refractivity contribution >= 4 is 33.2 Å². The van der Waals surface area contributed by atoms with Gasteiger partial charge >= 0.3 is 5.97 Å². The maximum absolute atomic E-state index is 12.6. The number of carbonyl (C=O) groups excluding carboxylic acids is 1. The van der Waals surface area contributed by atoms with Crippen LogP contribution in [0.2, 0.25) is 0 Å². The van der Waals surface area contributed by atoms with E-state index in [1.54, 1.807) is 0 Å². The highest BCUT2D eigenvalue weighted by Crippen LogP contribution is 2.23. The van der Waals surface area contributed by atoms with E-state index < -0.39 is 16.0 Å².